The maximum absolute atomic E-state index is 10.5. The predicted octanol–water partition coefficient (Wildman–Crippen LogP) is -0.793. The Kier molecular flexibility index (Phi) is 4.04. The molecule has 0 radical (unpaired) electrons. The minimum absolute atomic E-state index is 0.120. The average Bonchev–Trinajstić information content (AvgIpc) is 1.84. The highest BCUT2D eigenvalue weighted by Gasteiger charge is 2.01. The Morgan fingerprint density at radius 2 is 1.92 bits per heavy atom. The largest absolute Gasteiger partial charge is 0.548 e. The molecule has 0 aromatic carbocycles. The predicted molar refractivity (Wildman–Crippen MR) is 42.0 cm³/mol. The number of rotatable bonds is 4. The lowest BCUT2D eigenvalue weighted by Gasteiger charge is -2.15. The molecule has 0 aliphatic carbocycles. The number of nitrogens with one attached hydrogen (secondary N) is 1. The van der Waals surface area contributed by atoms with Crippen molar-refractivity contribution in [2.24, 2.45) is 0 Å². The fourth-order valence-electron chi connectivity index (χ4n) is 0.747. The highest BCUT2D eigenvalue weighted by molar-refractivity contribution is 5.87. The van der Waals surface area contributed by atoms with Crippen LogP contribution in [-0.2, 0) is 9.59 Å². The van der Waals surface area contributed by atoms with Gasteiger partial charge in [-0.15, -0.1) is 0 Å². The summed E-state index contributed by atoms with van der Waals surface area (Å²) in [7, 11) is 0. The third-order valence-corrected chi connectivity index (χ3v) is 1.22. The fraction of sp³-hybridized carbons (Fsp3) is 0.500. The number of hydrogen-bond donors (Lipinski definition) is 1. The summed E-state index contributed by atoms with van der Waals surface area (Å²) in [6.45, 7) is 4.47. The van der Waals surface area contributed by atoms with Crippen LogP contribution in [0.25, 0.3) is 0 Å². The molecule has 0 bridgehead atoms. The molecule has 1 N–H and O–H groups in total. The monoisotopic (exact) mass is 170 g/mol. The molecule has 0 heterocycles. The molecule has 1 atom stereocenters. The van der Waals surface area contributed by atoms with Crippen LogP contribution in [0.5, 0.6) is 0 Å². The number of carboxylic acid groups (broad SMARTS) is 1. The first-order valence-corrected chi connectivity index (χ1v) is 3.59. The van der Waals surface area contributed by atoms with Gasteiger partial charge in [0.25, 0.3) is 0 Å². The Balaban J connectivity index is 4.09. The first-order chi connectivity index (χ1) is 5.43. The average molecular weight is 170 g/mol. The van der Waals surface area contributed by atoms with Crippen LogP contribution >= 0.6 is 0 Å². The maximum atomic E-state index is 10.5. The lowest BCUT2D eigenvalue weighted by molar-refractivity contribution is -0.307. The van der Waals surface area contributed by atoms with Crippen LogP contribution in [0.2, 0.25) is 0 Å². The van der Waals surface area contributed by atoms with Crippen molar-refractivity contribution in [3.63, 3.8) is 0 Å². The van der Waals surface area contributed by atoms with Gasteiger partial charge in [0, 0.05) is 5.70 Å². The van der Waals surface area contributed by atoms with E-state index in [4.69, 9.17) is 0 Å². The van der Waals surface area contributed by atoms with Crippen LogP contribution in [0, 0.1) is 0 Å². The zero-order chi connectivity index (χ0) is 9.72. The summed E-state index contributed by atoms with van der Waals surface area (Å²) in [5.74, 6) is -1.31. The van der Waals surface area contributed by atoms with E-state index in [0.717, 1.165) is 0 Å². The van der Waals surface area contributed by atoms with E-state index in [0.29, 0.717) is 5.70 Å². The Labute approximate surface area is 71.3 Å². The third kappa shape index (κ3) is 4.49. The second-order valence-corrected chi connectivity index (χ2v) is 2.62. The van der Waals surface area contributed by atoms with Crippen molar-refractivity contribution in [3.05, 3.63) is 11.8 Å². The molecule has 0 saturated carbocycles. The number of hydrogen-bond acceptors (Lipinski definition) is 4. The molecule has 1 unspecified atom stereocenters. The molecule has 4 nitrogen and oxygen atoms in total. The molecule has 4 heteroatoms. The van der Waals surface area contributed by atoms with E-state index in [1.165, 1.54) is 19.9 Å². The highest BCUT2D eigenvalue weighted by atomic mass is 16.4. The van der Waals surface area contributed by atoms with Gasteiger partial charge in [0.2, 0.25) is 0 Å². The molecule has 0 spiro atoms. The summed E-state index contributed by atoms with van der Waals surface area (Å²) in [4.78, 5) is 20.8. The van der Waals surface area contributed by atoms with Gasteiger partial charge in [0.1, 0.15) is 0 Å². The highest BCUT2D eigenvalue weighted by Crippen LogP contribution is 1.90. The molecule has 0 aliphatic rings. The zero-order valence-electron chi connectivity index (χ0n) is 7.38. The van der Waals surface area contributed by atoms with E-state index in [-0.39, 0.29) is 5.78 Å². The lowest BCUT2D eigenvalue weighted by atomic mass is 10.3. The summed E-state index contributed by atoms with van der Waals surface area (Å²) in [6.07, 6.45) is 1.33. The second-order valence-electron chi connectivity index (χ2n) is 2.62. The molecule has 0 rings (SSSR count). The van der Waals surface area contributed by atoms with Crippen LogP contribution in [0.15, 0.2) is 11.8 Å². The number of carboxylic acids is 1. The molecule has 0 fully saturated rings. The number of carbonyl (C=O) groups is 2. The van der Waals surface area contributed by atoms with Gasteiger partial charge in [-0.3, -0.25) is 4.79 Å². The van der Waals surface area contributed by atoms with Crippen LogP contribution in [0.4, 0.5) is 0 Å². The van der Waals surface area contributed by atoms with E-state index in [9.17, 15) is 14.7 Å². The molecular formula is C8H12NO3-. The van der Waals surface area contributed by atoms with Crippen LogP contribution < -0.4 is 10.4 Å². The topological polar surface area (TPSA) is 69.2 Å². The SMILES string of the molecule is CC(=O)C=C(C)NC(C)C(=O)[O-]. The van der Waals surface area contributed by atoms with Gasteiger partial charge in [-0.2, -0.15) is 0 Å². The van der Waals surface area contributed by atoms with Crippen molar-refractivity contribution in [1.82, 2.24) is 5.32 Å². The second kappa shape index (κ2) is 4.54. The minimum atomic E-state index is -1.19. The van der Waals surface area contributed by atoms with Gasteiger partial charge < -0.3 is 15.2 Å². The molecule has 12 heavy (non-hydrogen) atoms. The van der Waals surface area contributed by atoms with Crippen molar-refractivity contribution in [2.45, 2.75) is 26.8 Å². The number of aliphatic carboxylic acids is 1. The Hall–Kier alpha value is -1.32. The molecule has 68 valence electrons. The first kappa shape index (κ1) is 10.7. The van der Waals surface area contributed by atoms with Crippen LogP contribution in [-0.4, -0.2) is 17.8 Å². The van der Waals surface area contributed by atoms with Crippen LogP contribution in [0.3, 0.4) is 0 Å². The normalized spacial score (nSPS) is 13.8. The van der Waals surface area contributed by atoms with E-state index in [1.54, 1.807) is 6.92 Å². The standard InChI is InChI=1S/C8H13NO3/c1-5(4-6(2)10)9-7(3)8(11)12/h4,7,9H,1-3H3,(H,11,12)/p-1. The van der Waals surface area contributed by atoms with Gasteiger partial charge in [-0.1, -0.05) is 0 Å². The van der Waals surface area contributed by atoms with Gasteiger partial charge in [0.15, 0.2) is 5.78 Å². The Bertz CT molecular complexity index is 220. The van der Waals surface area contributed by atoms with E-state index < -0.39 is 12.0 Å². The molecule has 0 saturated heterocycles. The fourth-order valence-corrected chi connectivity index (χ4v) is 0.747. The third-order valence-electron chi connectivity index (χ3n) is 1.22. The summed E-state index contributed by atoms with van der Waals surface area (Å²) in [5.41, 5.74) is 0.527. The van der Waals surface area contributed by atoms with Gasteiger partial charge in [-0.05, 0) is 26.8 Å². The summed E-state index contributed by atoms with van der Waals surface area (Å²) in [5, 5.41) is 12.8. The smallest absolute Gasteiger partial charge is 0.154 e. The Morgan fingerprint density at radius 1 is 1.42 bits per heavy atom. The quantitative estimate of drug-likeness (QED) is 0.561. The molecular weight excluding hydrogens is 158 g/mol. The summed E-state index contributed by atoms with van der Waals surface area (Å²) >= 11 is 0. The van der Waals surface area contributed by atoms with Crippen LogP contribution in [0.1, 0.15) is 20.8 Å². The number of carbonyl (C=O) groups excluding carboxylic acids is 2. The van der Waals surface area contributed by atoms with E-state index in [1.807, 2.05) is 0 Å². The molecule has 0 aliphatic heterocycles. The maximum Gasteiger partial charge on any atom is 0.154 e. The Morgan fingerprint density at radius 3 is 2.25 bits per heavy atom. The van der Waals surface area contributed by atoms with Crippen molar-refractivity contribution >= 4 is 11.8 Å². The van der Waals surface area contributed by atoms with Crippen molar-refractivity contribution in [1.29, 1.82) is 0 Å². The van der Waals surface area contributed by atoms with E-state index in [2.05, 4.69) is 5.32 Å². The first-order valence-electron chi connectivity index (χ1n) is 3.59. The minimum Gasteiger partial charge on any atom is -0.548 e. The van der Waals surface area contributed by atoms with Gasteiger partial charge in [-0.25, -0.2) is 0 Å². The van der Waals surface area contributed by atoms with E-state index >= 15 is 0 Å². The van der Waals surface area contributed by atoms with Gasteiger partial charge in [0.05, 0.1) is 12.0 Å². The van der Waals surface area contributed by atoms with Gasteiger partial charge >= 0.3 is 0 Å². The lowest BCUT2D eigenvalue weighted by Crippen LogP contribution is -2.42. The van der Waals surface area contributed by atoms with Crippen molar-refractivity contribution in [3.8, 4) is 0 Å². The molecule has 0 amide bonds. The molecule has 0 aromatic rings. The van der Waals surface area contributed by atoms with Crippen molar-refractivity contribution < 1.29 is 14.7 Å². The summed E-state index contributed by atoms with van der Waals surface area (Å²) in [6, 6.07) is -0.777. The van der Waals surface area contributed by atoms with Crippen molar-refractivity contribution in [2.75, 3.05) is 0 Å². The summed E-state index contributed by atoms with van der Waals surface area (Å²) < 4.78 is 0. The number of ketones is 1. The molecule has 0 aromatic heterocycles. The number of allylic oxidation sites excluding steroid dienone is 2. The zero-order valence-corrected chi connectivity index (χ0v) is 7.38.